The Kier molecular flexibility index (Phi) is 8.87. The standard InChI is InChI=1S/C29H32FN3O4/c1-33-15-13-24(14-16-33)37-29(36)32-27-11-7-20(17-25(27)21-5-3-2-4-6-21)8-12-28(35)31-23-10-9-22(19-34)26(30)18-23/h2-7,9-11,17-18,24,34H,8,12-16,19H2,1H3,(H,31,35)(H,32,36). The van der Waals surface area contributed by atoms with E-state index in [0.29, 0.717) is 17.8 Å². The second kappa shape index (κ2) is 12.5. The molecule has 194 valence electrons. The van der Waals surface area contributed by atoms with Crippen molar-refractivity contribution in [3.63, 3.8) is 0 Å². The summed E-state index contributed by atoms with van der Waals surface area (Å²) in [7, 11) is 2.06. The molecule has 0 spiro atoms. The van der Waals surface area contributed by atoms with E-state index >= 15 is 0 Å². The van der Waals surface area contributed by atoms with E-state index in [4.69, 9.17) is 9.84 Å². The molecule has 7 nitrogen and oxygen atoms in total. The third kappa shape index (κ3) is 7.38. The highest BCUT2D eigenvalue weighted by atomic mass is 19.1. The largest absolute Gasteiger partial charge is 0.446 e. The highest BCUT2D eigenvalue weighted by Gasteiger charge is 2.21. The van der Waals surface area contributed by atoms with Crippen molar-refractivity contribution in [2.45, 2.75) is 38.4 Å². The predicted octanol–water partition coefficient (Wildman–Crippen LogP) is 5.20. The fraction of sp³-hybridized carbons (Fsp3) is 0.310. The second-order valence-corrected chi connectivity index (χ2v) is 9.29. The number of anilines is 2. The summed E-state index contributed by atoms with van der Waals surface area (Å²) in [6.45, 7) is 1.40. The lowest BCUT2D eigenvalue weighted by Gasteiger charge is -2.28. The zero-order chi connectivity index (χ0) is 26.2. The van der Waals surface area contributed by atoms with Gasteiger partial charge in [-0.05, 0) is 61.7 Å². The number of rotatable bonds is 8. The summed E-state index contributed by atoms with van der Waals surface area (Å²) >= 11 is 0. The highest BCUT2D eigenvalue weighted by Crippen LogP contribution is 2.30. The molecule has 3 N–H and O–H groups in total. The van der Waals surface area contributed by atoms with Crippen molar-refractivity contribution in [2.24, 2.45) is 0 Å². The molecule has 8 heteroatoms. The molecule has 3 aromatic rings. The van der Waals surface area contributed by atoms with Crippen molar-refractivity contribution >= 4 is 23.4 Å². The number of amides is 2. The minimum atomic E-state index is -0.565. The van der Waals surface area contributed by atoms with Gasteiger partial charge >= 0.3 is 6.09 Å². The number of carbonyl (C=O) groups is 2. The number of carbonyl (C=O) groups excluding carboxylic acids is 2. The Bertz CT molecular complexity index is 1230. The number of hydrogen-bond donors (Lipinski definition) is 3. The average Bonchev–Trinajstić information content (AvgIpc) is 2.90. The number of hydrogen-bond acceptors (Lipinski definition) is 5. The topological polar surface area (TPSA) is 90.9 Å². The monoisotopic (exact) mass is 505 g/mol. The Hall–Kier alpha value is -3.75. The van der Waals surface area contributed by atoms with Crippen LogP contribution in [0.2, 0.25) is 0 Å². The second-order valence-electron chi connectivity index (χ2n) is 9.29. The third-order valence-corrected chi connectivity index (χ3v) is 6.49. The summed E-state index contributed by atoms with van der Waals surface area (Å²) in [5.74, 6) is -0.813. The number of aryl methyl sites for hydroxylation is 1. The molecular formula is C29H32FN3O4. The molecule has 0 atom stereocenters. The number of halogens is 1. The maximum absolute atomic E-state index is 13.9. The van der Waals surface area contributed by atoms with E-state index in [1.807, 2.05) is 48.5 Å². The quantitative estimate of drug-likeness (QED) is 0.392. The van der Waals surface area contributed by atoms with Gasteiger partial charge in [0.25, 0.3) is 0 Å². The summed E-state index contributed by atoms with van der Waals surface area (Å²) in [4.78, 5) is 27.3. The van der Waals surface area contributed by atoms with Crippen LogP contribution in [0.4, 0.5) is 20.6 Å². The zero-order valence-corrected chi connectivity index (χ0v) is 20.9. The van der Waals surface area contributed by atoms with Gasteiger partial charge in [-0.15, -0.1) is 0 Å². The third-order valence-electron chi connectivity index (χ3n) is 6.49. The van der Waals surface area contributed by atoms with Crippen LogP contribution in [-0.4, -0.2) is 48.2 Å². The van der Waals surface area contributed by atoms with Gasteiger partial charge in [0.1, 0.15) is 11.9 Å². The Morgan fingerprint density at radius 3 is 2.49 bits per heavy atom. The Balaban J connectivity index is 1.42. The molecule has 1 aliphatic heterocycles. The molecule has 0 unspecified atom stereocenters. The molecule has 0 aromatic heterocycles. The van der Waals surface area contributed by atoms with Gasteiger partial charge in [-0.1, -0.05) is 42.5 Å². The lowest BCUT2D eigenvalue weighted by atomic mass is 9.99. The van der Waals surface area contributed by atoms with Crippen molar-refractivity contribution in [1.29, 1.82) is 0 Å². The first-order valence-corrected chi connectivity index (χ1v) is 12.4. The zero-order valence-electron chi connectivity index (χ0n) is 20.9. The number of ether oxygens (including phenoxy) is 1. The Labute approximate surface area is 216 Å². The summed E-state index contributed by atoms with van der Waals surface area (Å²) in [5, 5.41) is 14.7. The molecule has 3 aromatic carbocycles. The average molecular weight is 506 g/mol. The van der Waals surface area contributed by atoms with Crippen LogP contribution >= 0.6 is 0 Å². The van der Waals surface area contributed by atoms with E-state index in [1.165, 1.54) is 12.1 Å². The number of benzene rings is 3. The van der Waals surface area contributed by atoms with Gasteiger partial charge in [0.15, 0.2) is 0 Å². The summed E-state index contributed by atoms with van der Waals surface area (Å²) < 4.78 is 19.5. The van der Waals surface area contributed by atoms with Gasteiger partial charge < -0.3 is 20.1 Å². The Morgan fingerprint density at radius 1 is 1.03 bits per heavy atom. The van der Waals surface area contributed by atoms with E-state index in [0.717, 1.165) is 42.6 Å². The lowest BCUT2D eigenvalue weighted by molar-refractivity contribution is -0.116. The van der Waals surface area contributed by atoms with Gasteiger partial charge in [-0.25, -0.2) is 9.18 Å². The van der Waals surface area contributed by atoms with Gasteiger partial charge in [0, 0.05) is 36.3 Å². The normalized spacial score (nSPS) is 14.2. The number of aliphatic hydroxyl groups is 1. The van der Waals surface area contributed by atoms with Crippen LogP contribution in [0.15, 0.2) is 66.7 Å². The first-order chi connectivity index (χ1) is 17.9. The van der Waals surface area contributed by atoms with E-state index in [9.17, 15) is 14.0 Å². The van der Waals surface area contributed by atoms with Gasteiger partial charge in [-0.2, -0.15) is 0 Å². The molecule has 0 bridgehead atoms. The molecule has 0 radical (unpaired) electrons. The Morgan fingerprint density at radius 2 is 1.78 bits per heavy atom. The minimum absolute atomic E-state index is 0.0949. The van der Waals surface area contributed by atoms with Crippen molar-refractivity contribution in [3.8, 4) is 11.1 Å². The minimum Gasteiger partial charge on any atom is -0.446 e. The molecule has 2 amide bonds. The van der Waals surface area contributed by atoms with Crippen LogP contribution in [0.5, 0.6) is 0 Å². The maximum Gasteiger partial charge on any atom is 0.411 e. The number of aliphatic hydroxyl groups excluding tert-OH is 1. The van der Waals surface area contributed by atoms with Crippen molar-refractivity contribution in [3.05, 3.63) is 83.7 Å². The molecule has 1 heterocycles. The van der Waals surface area contributed by atoms with E-state index in [2.05, 4.69) is 22.6 Å². The smallest absolute Gasteiger partial charge is 0.411 e. The maximum atomic E-state index is 13.9. The number of piperidine rings is 1. The van der Waals surface area contributed by atoms with Crippen LogP contribution < -0.4 is 10.6 Å². The van der Waals surface area contributed by atoms with Crippen LogP contribution in [0, 0.1) is 5.82 Å². The highest BCUT2D eigenvalue weighted by molar-refractivity contribution is 5.92. The molecule has 0 saturated carbocycles. The molecule has 1 aliphatic rings. The first kappa shape index (κ1) is 26.3. The lowest BCUT2D eigenvalue weighted by Crippen LogP contribution is -2.36. The van der Waals surface area contributed by atoms with Gasteiger partial charge in [0.2, 0.25) is 5.91 Å². The fourth-order valence-corrected chi connectivity index (χ4v) is 4.34. The van der Waals surface area contributed by atoms with Crippen LogP contribution in [-0.2, 0) is 22.6 Å². The summed E-state index contributed by atoms with van der Waals surface area (Å²) in [5.41, 5.74) is 3.84. The van der Waals surface area contributed by atoms with Gasteiger partial charge in [-0.3, -0.25) is 10.1 Å². The van der Waals surface area contributed by atoms with Crippen LogP contribution in [0.1, 0.15) is 30.4 Å². The van der Waals surface area contributed by atoms with E-state index in [1.54, 1.807) is 6.07 Å². The van der Waals surface area contributed by atoms with Gasteiger partial charge in [0.05, 0.1) is 12.3 Å². The van der Waals surface area contributed by atoms with E-state index in [-0.39, 0.29) is 24.0 Å². The SMILES string of the molecule is CN1CCC(OC(=O)Nc2ccc(CCC(=O)Nc3ccc(CO)c(F)c3)cc2-c2ccccc2)CC1. The predicted molar refractivity (Wildman–Crippen MR) is 142 cm³/mol. The van der Waals surface area contributed by atoms with Crippen LogP contribution in [0.3, 0.4) is 0 Å². The number of nitrogens with zero attached hydrogens (tertiary/aromatic N) is 1. The number of likely N-dealkylation sites (tertiary alicyclic amines) is 1. The first-order valence-electron chi connectivity index (χ1n) is 12.4. The number of nitrogens with one attached hydrogen (secondary N) is 2. The summed E-state index contributed by atoms with van der Waals surface area (Å²) in [6, 6.07) is 19.6. The molecule has 1 fully saturated rings. The molecule has 1 saturated heterocycles. The van der Waals surface area contributed by atoms with E-state index < -0.39 is 18.5 Å². The molecular weight excluding hydrogens is 473 g/mol. The molecule has 0 aliphatic carbocycles. The summed E-state index contributed by atoms with van der Waals surface area (Å²) in [6.07, 6.45) is 1.72. The van der Waals surface area contributed by atoms with Crippen molar-refractivity contribution < 1.29 is 23.8 Å². The molecule has 37 heavy (non-hydrogen) atoms. The van der Waals surface area contributed by atoms with Crippen molar-refractivity contribution in [1.82, 2.24) is 4.90 Å². The van der Waals surface area contributed by atoms with Crippen LogP contribution in [0.25, 0.3) is 11.1 Å². The van der Waals surface area contributed by atoms with Crippen molar-refractivity contribution in [2.75, 3.05) is 30.8 Å². The fourth-order valence-electron chi connectivity index (χ4n) is 4.34. The molecule has 4 rings (SSSR count).